The predicted octanol–water partition coefficient (Wildman–Crippen LogP) is 3.88. The first-order valence-electron chi connectivity index (χ1n) is 6.03. The van der Waals surface area contributed by atoms with E-state index in [1.54, 1.807) is 0 Å². The number of nitrogens with zero attached hydrogens (tertiary/aromatic N) is 1. The average molecular weight is 205 g/mol. The third kappa shape index (κ3) is 11.9. The summed E-state index contributed by atoms with van der Waals surface area (Å²) in [5, 5.41) is 0. The molecule has 0 amide bonds. The van der Waals surface area contributed by atoms with Crippen molar-refractivity contribution in [2.45, 2.75) is 59.5 Å². The summed E-state index contributed by atoms with van der Waals surface area (Å²) >= 11 is 0. The van der Waals surface area contributed by atoms with Gasteiger partial charge in [-0.3, -0.25) is 0 Å². The molecule has 1 atom stereocenters. The molecule has 0 radical (unpaired) electrons. The molecule has 0 saturated carbocycles. The zero-order valence-electron chi connectivity index (χ0n) is 10.6. The molecule has 2 heteroatoms. The number of rotatable bonds is 7. The highest BCUT2D eigenvalue weighted by Gasteiger charge is 2.06. The van der Waals surface area contributed by atoms with Crippen molar-refractivity contribution in [3.8, 4) is 0 Å². The van der Waals surface area contributed by atoms with Crippen molar-refractivity contribution in [3.05, 3.63) is 0 Å². The molecule has 0 aromatic heterocycles. The van der Waals surface area contributed by atoms with E-state index in [4.69, 9.17) is 0 Å². The van der Waals surface area contributed by atoms with Crippen LogP contribution in [0.25, 0.3) is 0 Å². The van der Waals surface area contributed by atoms with Gasteiger partial charge in [0.15, 0.2) is 0 Å². The maximum absolute atomic E-state index is 12.8. The lowest BCUT2D eigenvalue weighted by molar-refractivity contribution is 0.213. The van der Waals surface area contributed by atoms with Gasteiger partial charge >= 0.3 is 0 Å². The Morgan fingerprint density at radius 2 is 1.71 bits per heavy atom. The Morgan fingerprint density at radius 1 is 1.14 bits per heavy atom. The predicted molar refractivity (Wildman–Crippen MR) is 63.6 cm³/mol. The fraction of sp³-hybridized carbons (Fsp3) is 1.00. The first-order valence-corrected chi connectivity index (χ1v) is 6.03. The van der Waals surface area contributed by atoms with Gasteiger partial charge in [0.2, 0.25) is 0 Å². The van der Waals surface area contributed by atoms with Gasteiger partial charge in [0.25, 0.3) is 0 Å². The molecule has 0 N–H and O–H groups in total. The number of halogens is 1. The molecule has 88 valence electrons. The van der Waals surface area contributed by atoms with Crippen molar-refractivity contribution >= 4 is 0 Å². The van der Waals surface area contributed by atoms with Crippen LogP contribution in [0.15, 0.2) is 0 Å². The summed E-state index contributed by atoms with van der Waals surface area (Å²) in [4.78, 5) is 2.09. The second kappa shape index (κ2) is 12.9. The quantitative estimate of drug-likeness (QED) is 0.570. The normalized spacial score (nSPS) is 12.2. The van der Waals surface area contributed by atoms with Crippen molar-refractivity contribution in [2.75, 3.05) is 20.1 Å². The minimum atomic E-state index is -0.642. The van der Waals surface area contributed by atoms with Crippen molar-refractivity contribution in [1.82, 2.24) is 4.90 Å². The van der Waals surface area contributed by atoms with E-state index in [0.717, 1.165) is 6.54 Å². The monoisotopic (exact) mass is 205 g/mol. The number of hydrogen-bond acceptors (Lipinski definition) is 1. The number of alkyl halides is 1. The average Bonchev–Trinajstić information content (AvgIpc) is 2.21. The lowest BCUT2D eigenvalue weighted by atomic mass is 10.2. The maximum Gasteiger partial charge on any atom is 0.112 e. The molecule has 14 heavy (non-hydrogen) atoms. The van der Waals surface area contributed by atoms with Gasteiger partial charge in [-0.2, -0.15) is 0 Å². The van der Waals surface area contributed by atoms with Crippen molar-refractivity contribution in [2.24, 2.45) is 0 Å². The zero-order chi connectivity index (χ0) is 11.4. The minimum absolute atomic E-state index is 0.597. The fourth-order valence-corrected chi connectivity index (χ4v) is 1.19. The Morgan fingerprint density at radius 3 is 2.14 bits per heavy atom. The SMILES string of the molecule is CC.CCCCCN(C)CC(F)CC. The molecule has 1 nitrogen and oxygen atoms in total. The van der Waals surface area contributed by atoms with E-state index >= 15 is 0 Å². The van der Waals surface area contributed by atoms with E-state index in [9.17, 15) is 4.39 Å². The standard InChI is InChI=1S/C10H22FN.C2H6/c1-4-6-7-8-12(3)9-10(11)5-2;1-2/h10H,4-9H2,1-3H3;1-2H3. The van der Waals surface area contributed by atoms with Crippen molar-refractivity contribution < 1.29 is 4.39 Å². The summed E-state index contributed by atoms with van der Waals surface area (Å²) in [6.45, 7) is 9.71. The highest BCUT2D eigenvalue weighted by molar-refractivity contribution is 4.59. The molecule has 0 heterocycles. The Labute approximate surface area is 89.7 Å². The maximum atomic E-state index is 12.8. The van der Waals surface area contributed by atoms with Crippen molar-refractivity contribution in [1.29, 1.82) is 0 Å². The topological polar surface area (TPSA) is 3.24 Å². The lowest BCUT2D eigenvalue weighted by Gasteiger charge is -2.17. The van der Waals surface area contributed by atoms with Gasteiger partial charge in [-0.25, -0.2) is 4.39 Å². The van der Waals surface area contributed by atoms with E-state index in [2.05, 4.69) is 11.8 Å². The van der Waals surface area contributed by atoms with Crippen LogP contribution in [0.3, 0.4) is 0 Å². The molecule has 0 bridgehead atoms. The molecule has 0 rings (SSSR count). The van der Waals surface area contributed by atoms with Crippen LogP contribution in [0, 0.1) is 0 Å². The van der Waals surface area contributed by atoms with Gasteiger partial charge in [-0.15, -0.1) is 0 Å². The van der Waals surface area contributed by atoms with E-state index in [-0.39, 0.29) is 0 Å². The zero-order valence-corrected chi connectivity index (χ0v) is 10.6. The van der Waals surface area contributed by atoms with Crippen LogP contribution in [-0.2, 0) is 0 Å². The molecule has 0 fully saturated rings. The fourth-order valence-electron chi connectivity index (χ4n) is 1.19. The van der Waals surface area contributed by atoms with Crippen LogP contribution < -0.4 is 0 Å². The Kier molecular flexibility index (Phi) is 15.0. The summed E-state index contributed by atoms with van der Waals surface area (Å²) < 4.78 is 12.8. The van der Waals surface area contributed by atoms with E-state index in [1.807, 2.05) is 27.8 Å². The molecule has 0 aromatic rings. The van der Waals surface area contributed by atoms with Crippen LogP contribution in [0.1, 0.15) is 53.4 Å². The smallest absolute Gasteiger partial charge is 0.112 e. The number of unbranched alkanes of at least 4 members (excludes halogenated alkanes) is 2. The Bertz CT molecular complexity index is 96.3. The first kappa shape index (κ1) is 16.3. The highest BCUT2D eigenvalue weighted by atomic mass is 19.1. The summed E-state index contributed by atoms with van der Waals surface area (Å²) in [7, 11) is 2.00. The van der Waals surface area contributed by atoms with Gasteiger partial charge in [0, 0.05) is 6.54 Å². The molecule has 0 spiro atoms. The largest absolute Gasteiger partial charge is 0.303 e. The third-order valence-corrected chi connectivity index (χ3v) is 2.10. The molecule has 0 aliphatic rings. The third-order valence-electron chi connectivity index (χ3n) is 2.10. The summed E-state index contributed by atoms with van der Waals surface area (Å²) in [5.41, 5.74) is 0. The van der Waals surface area contributed by atoms with Crippen LogP contribution in [0.4, 0.5) is 4.39 Å². The number of hydrogen-bond donors (Lipinski definition) is 0. The van der Waals surface area contributed by atoms with Crippen LogP contribution >= 0.6 is 0 Å². The summed E-state index contributed by atoms with van der Waals surface area (Å²) in [6, 6.07) is 0. The molecule has 1 unspecified atom stereocenters. The minimum Gasteiger partial charge on any atom is -0.303 e. The Hall–Kier alpha value is -0.110. The van der Waals surface area contributed by atoms with Crippen LogP contribution in [0.5, 0.6) is 0 Å². The molecule has 0 saturated heterocycles. The van der Waals surface area contributed by atoms with Crippen LogP contribution in [-0.4, -0.2) is 31.2 Å². The van der Waals surface area contributed by atoms with Gasteiger partial charge in [0.05, 0.1) is 0 Å². The summed E-state index contributed by atoms with van der Waals surface area (Å²) in [6.07, 6.45) is 3.69. The second-order valence-corrected chi connectivity index (χ2v) is 3.47. The Balaban J connectivity index is 0. The molecular formula is C12H28FN. The second-order valence-electron chi connectivity index (χ2n) is 3.47. The van der Waals surface area contributed by atoms with Gasteiger partial charge < -0.3 is 4.90 Å². The highest BCUT2D eigenvalue weighted by Crippen LogP contribution is 2.01. The molecule has 0 aromatic carbocycles. The van der Waals surface area contributed by atoms with E-state index < -0.39 is 6.17 Å². The van der Waals surface area contributed by atoms with E-state index in [1.165, 1.54) is 19.3 Å². The van der Waals surface area contributed by atoms with Gasteiger partial charge in [-0.1, -0.05) is 40.5 Å². The van der Waals surface area contributed by atoms with Gasteiger partial charge in [0.1, 0.15) is 6.17 Å². The van der Waals surface area contributed by atoms with Crippen LogP contribution in [0.2, 0.25) is 0 Å². The molecule has 0 aliphatic heterocycles. The molecule has 0 aliphatic carbocycles. The lowest BCUT2D eigenvalue weighted by Crippen LogP contribution is -2.27. The first-order chi connectivity index (χ1) is 6.70. The van der Waals surface area contributed by atoms with E-state index in [0.29, 0.717) is 13.0 Å². The van der Waals surface area contributed by atoms with Crippen molar-refractivity contribution in [3.63, 3.8) is 0 Å². The molecular weight excluding hydrogens is 177 g/mol. The van der Waals surface area contributed by atoms with Gasteiger partial charge in [-0.05, 0) is 26.4 Å². The summed E-state index contributed by atoms with van der Waals surface area (Å²) in [5.74, 6) is 0.